The van der Waals surface area contributed by atoms with Crippen LogP contribution in [-0.4, -0.2) is 35.2 Å². The van der Waals surface area contributed by atoms with Gasteiger partial charge in [0.15, 0.2) is 17.3 Å². The number of hydrogen-bond acceptors (Lipinski definition) is 7. The molecule has 0 fully saturated rings. The first-order chi connectivity index (χ1) is 13.2. The Kier molecular flexibility index (Phi) is 5.00. The maximum Gasteiger partial charge on any atom is 0.210 e. The number of halogens is 1. The molecule has 1 aromatic heterocycles. The Balaban J connectivity index is 1.55. The summed E-state index contributed by atoms with van der Waals surface area (Å²) >= 11 is 7.75. The highest BCUT2D eigenvalue weighted by molar-refractivity contribution is 7.98. The third-order valence-corrected chi connectivity index (χ3v) is 5.33. The Bertz CT molecular complexity index is 979. The summed E-state index contributed by atoms with van der Waals surface area (Å²) in [6, 6.07) is 11.3. The van der Waals surface area contributed by atoms with E-state index in [1.165, 1.54) is 16.4 Å². The number of ether oxygens (including phenoxy) is 3. The minimum absolute atomic E-state index is 0.503. The summed E-state index contributed by atoms with van der Waals surface area (Å²) in [7, 11) is 1.61. The maximum atomic E-state index is 6.29. The number of thioether (sulfide) groups is 1. The minimum Gasteiger partial charge on any atom is -0.496 e. The van der Waals surface area contributed by atoms with Gasteiger partial charge in [0.2, 0.25) is 5.16 Å². The Labute approximate surface area is 165 Å². The fourth-order valence-electron chi connectivity index (χ4n) is 2.78. The summed E-state index contributed by atoms with van der Waals surface area (Å²) in [5, 5.41) is 9.53. The van der Waals surface area contributed by atoms with Crippen LogP contribution >= 0.6 is 23.4 Å². The van der Waals surface area contributed by atoms with Gasteiger partial charge in [0, 0.05) is 5.75 Å². The van der Waals surface area contributed by atoms with Gasteiger partial charge in [-0.25, -0.2) is 4.68 Å². The van der Waals surface area contributed by atoms with E-state index in [1.807, 2.05) is 36.4 Å². The molecule has 1 aliphatic heterocycles. The SMILES string of the molecule is COc1ccccc1-c1nnc(SCc2cc(Cl)c3c(c2)OCCO3)n1N. The molecule has 0 saturated heterocycles. The van der Waals surface area contributed by atoms with Crippen molar-refractivity contribution in [2.24, 2.45) is 0 Å². The number of aromatic nitrogens is 3. The highest BCUT2D eigenvalue weighted by Gasteiger charge is 2.18. The van der Waals surface area contributed by atoms with Crippen molar-refractivity contribution in [3.8, 4) is 28.6 Å². The molecule has 0 atom stereocenters. The van der Waals surface area contributed by atoms with Crippen LogP contribution < -0.4 is 20.1 Å². The quantitative estimate of drug-likeness (QED) is 0.515. The number of rotatable bonds is 5. The Morgan fingerprint density at radius 1 is 1.22 bits per heavy atom. The van der Waals surface area contributed by atoms with Gasteiger partial charge in [-0.1, -0.05) is 35.5 Å². The number of nitrogens with zero attached hydrogens (tertiary/aromatic N) is 3. The monoisotopic (exact) mass is 404 g/mol. The van der Waals surface area contributed by atoms with Crippen LogP contribution in [0, 0.1) is 0 Å². The van der Waals surface area contributed by atoms with Gasteiger partial charge in [-0.3, -0.25) is 0 Å². The number of fused-ring (bicyclic) bond motifs is 1. The average Bonchev–Trinajstić information content (AvgIpc) is 3.06. The summed E-state index contributed by atoms with van der Waals surface area (Å²) in [5.74, 6) is 9.30. The highest BCUT2D eigenvalue weighted by atomic mass is 35.5. The van der Waals surface area contributed by atoms with Crippen LogP contribution in [0.5, 0.6) is 17.2 Å². The van der Waals surface area contributed by atoms with E-state index in [-0.39, 0.29) is 0 Å². The molecule has 0 saturated carbocycles. The van der Waals surface area contributed by atoms with Gasteiger partial charge in [0.25, 0.3) is 0 Å². The van der Waals surface area contributed by atoms with Gasteiger partial charge in [0.1, 0.15) is 19.0 Å². The van der Waals surface area contributed by atoms with Gasteiger partial charge in [-0.2, -0.15) is 0 Å². The molecule has 0 radical (unpaired) electrons. The molecule has 4 rings (SSSR count). The minimum atomic E-state index is 0.503. The second kappa shape index (κ2) is 7.58. The molecule has 2 heterocycles. The van der Waals surface area contributed by atoms with E-state index in [4.69, 9.17) is 31.7 Å². The smallest absolute Gasteiger partial charge is 0.210 e. The first-order valence-corrected chi connectivity index (χ1v) is 9.58. The molecule has 27 heavy (non-hydrogen) atoms. The Morgan fingerprint density at radius 2 is 2.04 bits per heavy atom. The lowest BCUT2D eigenvalue weighted by molar-refractivity contribution is 0.171. The van der Waals surface area contributed by atoms with E-state index in [1.54, 1.807) is 7.11 Å². The lowest BCUT2D eigenvalue weighted by atomic mass is 10.2. The zero-order valence-corrected chi connectivity index (χ0v) is 16.1. The molecule has 140 valence electrons. The van der Waals surface area contributed by atoms with Gasteiger partial charge < -0.3 is 20.1 Å². The summed E-state index contributed by atoms with van der Waals surface area (Å²) in [6.45, 7) is 1.02. The number of nitrogen functional groups attached to an aromatic ring is 1. The molecule has 1 aliphatic rings. The van der Waals surface area contributed by atoms with Gasteiger partial charge in [-0.15, -0.1) is 10.2 Å². The van der Waals surface area contributed by atoms with Crippen LogP contribution in [-0.2, 0) is 5.75 Å². The molecule has 7 nitrogen and oxygen atoms in total. The zero-order chi connectivity index (χ0) is 18.8. The van der Waals surface area contributed by atoms with Gasteiger partial charge in [-0.05, 0) is 29.8 Å². The highest BCUT2D eigenvalue weighted by Crippen LogP contribution is 2.39. The lowest BCUT2D eigenvalue weighted by Crippen LogP contribution is -2.15. The molecule has 0 spiro atoms. The second-order valence-electron chi connectivity index (χ2n) is 5.77. The molecular weight excluding hydrogens is 388 g/mol. The predicted molar refractivity (Wildman–Crippen MR) is 104 cm³/mol. The Morgan fingerprint density at radius 3 is 2.89 bits per heavy atom. The molecule has 0 amide bonds. The lowest BCUT2D eigenvalue weighted by Gasteiger charge is -2.20. The van der Waals surface area contributed by atoms with Gasteiger partial charge in [0.05, 0.1) is 17.7 Å². The predicted octanol–water partition coefficient (Wildman–Crippen LogP) is 3.38. The normalized spacial score (nSPS) is 12.8. The standard InChI is InChI=1S/C18H17ClN4O3S/c1-24-14-5-3-2-4-12(14)17-21-22-18(23(17)20)27-10-11-8-13(19)16-15(9-11)25-6-7-26-16/h2-5,8-9H,6-7,10,20H2,1H3. The second-order valence-corrected chi connectivity index (χ2v) is 7.12. The topological polar surface area (TPSA) is 84.4 Å². The molecule has 2 aromatic carbocycles. The molecule has 9 heteroatoms. The summed E-state index contributed by atoms with van der Waals surface area (Å²) in [6.07, 6.45) is 0. The number of methoxy groups -OCH3 is 1. The van der Waals surface area contributed by atoms with Gasteiger partial charge >= 0.3 is 0 Å². The fraction of sp³-hybridized carbons (Fsp3) is 0.222. The molecule has 0 aliphatic carbocycles. The maximum absolute atomic E-state index is 6.29. The zero-order valence-electron chi connectivity index (χ0n) is 14.5. The van der Waals surface area contributed by atoms with E-state index in [0.717, 1.165) is 11.1 Å². The van der Waals surface area contributed by atoms with E-state index in [2.05, 4.69) is 10.2 Å². The largest absolute Gasteiger partial charge is 0.496 e. The van der Waals surface area contributed by atoms with Crippen molar-refractivity contribution in [3.05, 3.63) is 47.0 Å². The van der Waals surface area contributed by atoms with Crippen LogP contribution in [0.3, 0.4) is 0 Å². The van der Waals surface area contributed by atoms with Crippen LogP contribution in [0.2, 0.25) is 5.02 Å². The number of para-hydroxylation sites is 1. The fourth-order valence-corrected chi connectivity index (χ4v) is 3.86. The summed E-state index contributed by atoms with van der Waals surface area (Å²) in [4.78, 5) is 0. The van der Waals surface area contributed by atoms with Crippen LogP contribution in [0.1, 0.15) is 5.56 Å². The molecule has 0 unspecified atom stereocenters. The van der Waals surface area contributed by atoms with E-state index >= 15 is 0 Å². The molecule has 2 N–H and O–H groups in total. The van der Waals surface area contributed by atoms with Crippen LogP contribution in [0.15, 0.2) is 41.6 Å². The summed E-state index contributed by atoms with van der Waals surface area (Å²) < 4.78 is 18.0. The van der Waals surface area contributed by atoms with Crippen molar-refractivity contribution in [3.63, 3.8) is 0 Å². The van der Waals surface area contributed by atoms with E-state index in [9.17, 15) is 0 Å². The Hall–Kier alpha value is -2.58. The number of benzene rings is 2. The van der Waals surface area contributed by atoms with Crippen LogP contribution in [0.4, 0.5) is 0 Å². The average molecular weight is 405 g/mol. The van der Waals surface area contributed by atoms with E-state index in [0.29, 0.717) is 52.2 Å². The summed E-state index contributed by atoms with van der Waals surface area (Å²) in [5.41, 5.74) is 1.76. The van der Waals surface area contributed by atoms with Crippen molar-refractivity contribution in [1.29, 1.82) is 0 Å². The van der Waals surface area contributed by atoms with E-state index < -0.39 is 0 Å². The van der Waals surface area contributed by atoms with Crippen molar-refractivity contribution in [2.75, 3.05) is 26.2 Å². The molecule has 0 bridgehead atoms. The molecule has 3 aromatic rings. The van der Waals surface area contributed by atoms with Crippen molar-refractivity contribution in [1.82, 2.24) is 14.9 Å². The third-order valence-electron chi connectivity index (χ3n) is 4.04. The number of hydrogen-bond donors (Lipinski definition) is 1. The first kappa shape index (κ1) is 17.8. The number of nitrogens with two attached hydrogens (primary N) is 1. The van der Waals surface area contributed by atoms with Crippen molar-refractivity contribution in [2.45, 2.75) is 10.9 Å². The first-order valence-electron chi connectivity index (χ1n) is 8.22. The molecular formula is C18H17ClN4O3S. The van der Waals surface area contributed by atoms with Crippen LogP contribution in [0.25, 0.3) is 11.4 Å². The third kappa shape index (κ3) is 3.50. The van der Waals surface area contributed by atoms with Crippen molar-refractivity contribution >= 4 is 23.4 Å². The van der Waals surface area contributed by atoms with Crippen molar-refractivity contribution < 1.29 is 14.2 Å².